The Morgan fingerprint density at radius 1 is 1.55 bits per heavy atom. The topological polar surface area (TPSA) is 80.9 Å². The van der Waals surface area contributed by atoms with Crippen LogP contribution in [0.4, 0.5) is 0 Å². The number of carbonyl (C=O) groups is 1. The molecule has 5 heteroatoms. The number of aromatic nitrogens is 2. The second-order valence-electron chi connectivity index (χ2n) is 1.96. The number of hydrazine groups is 1. The van der Waals surface area contributed by atoms with Crippen molar-refractivity contribution in [3.8, 4) is 0 Å². The predicted molar refractivity (Wildman–Crippen MR) is 38.4 cm³/mol. The number of nitrogens with one attached hydrogen (secondary N) is 1. The van der Waals surface area contributed by atoms with E-state index in [1.165, 1.54) is 12.4 Å². The third-order valence-corrected chi connectivity index (χ3v) is 1.23. The fourth-order valence-electron chi connectivity index (χ4n) is 0.699. The average Bonchev–Trinajstić information content (AvgIpc) is 2.04. The molecule has 0 aliphatic rings. The van der Waals surface area contributed by atoms with E-state index in [9.17, 15) is 4.79 Å². The van der Waals surface area contributed by atoms with Gasteiger partial charge in [0.05, 0.1) is 5.69 Å². The maximum absolute atomic E-state index is 10.9. The van der Waals surface area contributed by atoms with Crippen molar-refractivity contribution < 1.29 is 4.79 Å². The molecular weight excluding hydrogens is 144 g/mol. The Morgan fingerprint density at radius 3 is 2.73 bits per heavy atom. The fraction of sp³-hybridized carbons (Fsp3) is 0.167. The lowest BCUT2D eigenvalue weighted by Gasteiger charge is -1.99. The number of nitrogens with two attached hydrogens (primary N) is 1. The second-order valence-corrected chi connectivity index (χ2v) is 1.96. The molecule has 5 nitrogen and oxygen atoms in total. The molecule has 3 N–H and O–H groups in total. The van der Waals surface area contributed by atoms with Crippen LogP contribution >= 0.6 is 0 Å². The molecule has 0 atom stereocenters. The molecule has 0 aromatic carbocycles. The number of aryl methyl sites for hydroxylation is 1. The van der Waals surface area contributed by atoms with E-state index in [1.54, 1.807) is 6.92 Å². The SMILES string of the molecule is Cc1nccnc1C(=O)NN. The first-order valence-electron chi connectivity index (χ1n) is 3.04. The van der Waals surface area contributed by atoms with Gasteiger partial charge >= 0.3 is 0 Å². The van der Waals surface area contributed by atoms with Gasteiger partial charge in [-0.1, -0.05) is 0 Å². The molecule has 1 amide bonds. The molecule has 0 aliphatic heterocycles. The Balaban J connectivity index is 3.03. The molecule has 0 unspecified atom stereocenters. The smallest absolute Gasteiger partial charge is 0.285 e. The standard InChI is InChI=1S/C6H8N4O/c1-4-5(6(11)10-7)9-3-2-8-4/h2-3H,7H2,1H3,(H,10,11). The highest BCUT2D eigenvalue weighted by Gasteiger charge is 2.07. The highest BCUT2D eigenvalue weighted by molar-refractivity contribution is 5.92. The summed E-state index contributed by atoms with van der Waals surface area (Å²) in [7, 11) is 0. The number of hydrogen-bond acceptors (Lipinski definition) is 4. The van der Waals surface area contributed by atoms with Crippen LogP contribution in [-0.2, 0) is 0 Å². The van der Waals surface area contributed by atoms with Gasteiger partial charge in [0.2, 0.25) is 0 Å². The van der Waals surface area contributed by atoms with Crippen molar-refractivity contribution in [2.75, 3.05) is 0 Å². The molecule has 1 rings (SSSR count). The van der Waals surface area contributed by atoms with Crippen molar-refractivity contribution in [1.82, 2.24) is 15.4 Å². The summed E-state index contributed by atoms with van der Waals surface area (Å²) < 4.78 is 0. The van der Waals surface area contributed by atoms with Gasteiger partial charge in [-0.15, -0.1) is 0 Å². The van der Waals surface area contributed by atoms with E-state index in [2.05, 4.69) is 9.97 Å². The normalized spacial score (nSPS) is 9.27. The quantitative estimate of drug-likeness (QED) is 0.319. The first kappa shape index (κ1) is 7.62. The van der Waals surface area contributed by atoms with Crippen LogP contribution in [0.2, 0.25) is 0 Å². The Labute approximate surface area is 63.6 Å². The fourth-order valence-corrected chi connectivity index (χ4v) is 0.699. The van der Waals surface area contributed by atoms with Crippen LogP contribution in [0.1, 0.15) is 16.2 Å². The lowest BCUT2D eigenvalue weighted by molar-refractivity contribution is 0.0947. The van der Waals surface area contributed by atoms with Gasteiger partial charge in [0, 0.05) is 12.4 Å². The summed E-state index contributed by atoms with van der Waals surface area (Å²) in [4.78, 5) is 18.6. The van der Waals surface area contributed by atoms with Gasteiger partial charge in [-0.25, -0.2) is 10.8 Å². The van der Waals surface area contributed by atoms with Crippen LogP contribution in [0.15, 0.2) is 12.4 Å². The molecule has 0 aliphatic carbocycles. The van der Waals surface area contributed by atoms with Gasteiger partial charge in [0.1, 0.15) is 0 Å². The molecular formula is C6H8N4O. The zero-order valence-electron chi connectivity index (χ0n) is 6.03. The first-order valence-corrected chi connectivity index (χ1v) is 3.04. The number of carbonyl (C=O) groups excluding carboxylic acids is 1. The van der Waals surface area contributed by atoms with E-state index < -0.39 is 5.91 Å². The van der Waals surface area contributed by atoms with Crippen molar-refractivity contribution in [2.24, 2.45) is 5.84 Å². The van der Waals surface area contributed by atoms with Gasteiger partial charge < -0.3 is 0 Å². The molecule has 0 spiro atoms. The summed E-state index contributed by atoms with van der Waals surface area (Å²) in [5, 5.41) is 0. The van der Waals surface area contributed by atoms with Gasteiger partial charge in [0.25, 0.3) is 5.91 Å². The van der Waals surface area contributed by atoms with Gasteiger partial charge in [-0.2, -0.15) is 0 Å². The Kier molecular flexibility index (Phi) is 2.12. The third kappa shape index (κ3) is 1.50. The van der Waals surface area contributed by atoms with Crippen molar-refractivity contribution in [3.05, 3.63) is 23.8 Å². The number of amides is 1. The molecule has 0 radical (unpaired) electrons. The summed E-state index contributed by atoms with van der Waals surface area (Å²) >= 11 is 0. The molecule has 1 heterocycles. The minimum absolute atomic E-state index is 0.259. The Hall–Kier alpha value is -1.49. The van der Waals surface area contributed by atoms with Gasteiger partial charge in [-0.3, -0.25) is 15.2 Å². The molecule has 0 saturated carbocycles. The van der Waals surface area contributed by atoms with Crippen LogP contribution < -0.4 is 11.3 Å². The highest BCUT2D eigenvalue weighted by atomic mass is 16.2. The summed E-state index contributed by atoms with van der Waals surface area (Å²) in [6.07, 6.45) is 2.96. The average molecular weight is 152 g/mol. The highest BCUT2D eigenvalue weighted by Crippen LogP contribution is 1.97. The molecule has 0 saturated heterocycles. The van der Waals surface area contributed by atoms with Crippen molar-refractivity contribution in [3.63, 3.8) is 0 Å². The predicted octanol–water partition coefficient (Wildman–Crippen LogP) is -0.611. The summed E-state index contributed by atoms with van der Waals surface area (Å²) in [6, 6.07) is 0. The van der Waals surface area contributed by atoms with Crippen molar-refractivity contribution in [1.29, 1.82) is 0 Å². The van der Waals surface area contributed by atoms with Crippen LogP contribution in [0.25, 0.3) is 0 Å². The Bertz CT molecular complexity index is 273. The van der Waals surface area contributed by atoms with E-state index in [0.29, 0.717) is 5.69 Å². The lowest BCUT2D eigenvalue weighted by atomic mass is 10.3. The van der Waals surface area contributed by atoms with Crippen LogP contribution in [0.5, 0.6) is 0 Å². The minimum atomic E-state index is -0.421. The molecule has 0 bridgehead atoms. The minimum Gasteiger partial charge on any atom is -0.289 e. The number of nitrogens with zero attached hydrogens (tertiary/aromatic N) is 2. The van der Waals surface area contributed by atoms with Gasteiger partial charge in [-0.05, 0) is 6.92 Å². The lowest BCUT2D eigenvalue weighted by Crippen LogP contribution is -2.31. The van der Waals surface area contributed by atoms with E-state index in [4.69, 9.17) is 5.84 Å². The zero-order valence-corrected chi connectivity index (χ0v) is 6.03. The maximum Gasteiger partial charge on any atom is 0.285 e. The second kappa shape index (κ2) is 3.07. The number of nitrogen functional groups attached to an aromatic ring is 1. The number of rotatable bonds is 1. The monoisotopic (exact) mass is 152 g/mol. The number of hydrogen-bond donors (Lipinski definition) is 2. The largest absolute Gasteiger partial charge is 0.289 e. The van der Waals surface area contributed by atoms with Gasteiger partial charge in [0.15, 0.2) is 5.69 Å². The molecule has 0 fully saturated rings. The molecule has 58 valence electrons. The van der Waals surface area contributed by atoms with Crippen LogP contribution in [0.3, 0.4) is 0 Å². The molecule has 1 aromatic heterocycles. The summed E-state index contributed by atoms with van der Waals surface area (Å²) in [5.74, 6) is 4.48. The van der Waals surface area contributed by atoms with Crippen molar-refractivity contribution in [2.45, 2.75) is 6.92 Å². The summed E-state index contributed by atoms with van der Waals surface area (Å²) in [5.41, 5.74) is 2.81. The summed E-state index contributed by atoms with van der Waals surface area (Å²) in [6.45, 7) is 1.69. The van der Waals surface area contributed by atoms with E-state index in [-0.39, 0.29) is 5.69 Å². The van der Waals surface area contributed by atoms with Crippen LogP contribution in [0, 0.1) is 6.92 Å². The third-order valence-electron chi connectivity index (χ3n) is 1.23. The van der Waals surface area contributed by atoms with Crippen molar-refractivity contribution >= 4 is 5.91 Å². The van der Waals surface area contributed by atoms with E-state index in [0.717, 1.165) is 0 Å². The zero-order chi connectivity index (χ0) is 8.27. The maximum atomic E-state index is 10.9. The molecule has 1 aromatic rings. The van der Waals surface area contributed by atoms with E-state index in [1.807, 2.05) is 5.43 Å². The molecule has 11 heavy (non-hydrogen) atoms. The first-order chi connectivity index (χ1) is 5.25. The Morgan fingerprint density at radius 2 is 2.18 bits per heavy atom. The van der Waals surface area contributed by atoms with E-state index >= 15 is 0 Å². The van der Waals surface area contributed by atoms with Crippen LogP contribution in [-0.4, -0.2) is 15.9 Å².